The van der Waals surface area contributed by atoms with Crippen LogP contribution in [0, 0.1) is 22.7 Å². The van der Waals surface area contributed by atoms with E-state index in [0.29, 0.717) is 16.7 Å². The van der Waals surface area contributed by atoms with Crippen molar-refractivity contribution in [1.82, 2.24) is 5.32 Å². The first-order valence-corrected chi connectivity index (χ1v) is 20.8. The van der Waals surface area contributed by atoms with E-state index >= 15 is 4.79 Å². The first-order valence-electron chi connectivity index (χ1n) is 20.8. The Labute approximate surface area is 359 Å². The van der Waals surface area contributed by atoms with Crippen molar-refractivity contribution in [3.8, 4) is 0 Å². The standard InChI is InChI=1S/C48H53NO13/c1-26-33(60-44(56)38(52)37(30-17-11-8-12-18-30)49-42(54)31-19-13-9-14-20-31)24-48(57)41(61-43(55)32-21-15-10-16-22-32)39-46(7,40(53)27(2)36(26)45(48,5)6)34(59-28(3)50)23-35-47(39,25-58-35)62-29(4)51/h8-22,27,33-35,37-39,41,52,57H,23-25H2,1-7H3,(H,49,54)/t27-,33+,34+,35-,37+,38-,39?,41+,46-,47+,48-/m1/s1. The molecule has 4 aliphatic rings. The maximum Gasteiger partial charge on any atom is 0.338 e. The van der Waals surface area contributed by atoms with Crippen LogP contribution in [0.3, 0.4) is 0 Å². The minimum Gasteiger partial charge on any atom is -0.461 e. The molecule has 1 unspecified atom stereocenters. The Kier molecular flexibility index (Phi) is 11.8. The van der Waals surface area contributed by atoms with Gasteiger partial charge in [0.1, 0.15) is 35.8 Å². The summed E-state index contributed by atoms with van der Waals surface area (Å²) in [6.07, 6.45) is -7.59. The number of benzene rings is 3. The van der Waals surface area contributed by atoms with Crippen LogP contribution in [0.15, 0.2) is 102 Å². The van der Waals surface area contributed by atoms with E-state index in [0.717, 1.165) is 0 Å². The molecule has 0 aromatic heterocycles. The molecular weight excluding hydrogens is 799 g/mol. The third kappa shape index (κ3) is 7.31. The normalized spacial score (nSPS) is 31.9. The molecule has 3 aromatic rings. The highest BCUT2D eigenvalue weighted by Gasteiger charge is 2.78. The summed E-state index contributed by atoms with van der Waals surface area (Å²) in [4.78, 5) is 83.5. The fourth-order valence-corrected chi connectivity index (χ4v) is 10.8. The highest BCUT2D eigenvalue weighted by atomic mass is 16.6. The average Bonchev–Trinajstić information content (AvgIpc) is 3.24. The van der Waals surface area contributed by atoms with E-state index in [1.54, 1.807) is 113 Å². The number of carbonyl (C=O) groups is 6. The summed E-state index contributed by atoms with van der Waals surface area (Å²) in [5.41, 5.74) is -5.48. The molecule has 14 heteroatoms. The molecule has 0 spiro atoms. The molecule has 11 atom stereocenters. The maximum absolute atomic E-state index is 15.6. The van der Waals surface area contributed by atoms with Gasteiger partial charge in [-0.1, -0.05) is 87.5 Å². The van der Waals surface area contributed by atoms with E-state index in [9.17, 15) is 34.2 Å². The molecule has 328 valence electrons. The van der Waals surface area contributed by atoms with Crippen LogP contribution in [0.2, 0.25) is 0 Å². The highest BCUT2D eigenvalue weighted by Crippen LogP contribution is 2.65. The molecular formula is C48H53NO13. The number of ether oxygens (including phenoxy) is 5. The third-order valence-corrected chi connectivity index (χ3v) is 13.8. The van der Waals surface area contributed by atoms with Gasteiger partial charge in [-0.3, -0.25) is 19.2 Å². The fraction of sp³-hybridized carbons (Fsp3) is 0.458. The molecule has 2 saturated carbocycles. The van der Waals surface area contributed by atoms with Crippen molar-refractivity contribution in [3.63, 3.8) is 0 Å². The van der Waals surface area contributed by atoms with E-state index in [4.69, 9.17) is 23.7 Å². The van der Waals surface area contributed by atoms with E-state index < -0.39 is 112 Å². The molecule has 7 rings (SSSR count). The van der Waals surface area contributed by atoms with Crippen molar-refractivity contribution >= 4 is 35.6 Å². The van der Waals surface area contributed by atoms with Crippen LogP contribution in [-0.4, -0.2) is 94.1 Å². The number of hydrogen-bond acceptors (Lipinski definition) is 13. The van der Waals surface area contributed by atoms with Crippen molar-refractivity contribution in [2.24, 2.45) is 22.7 Å². The van der Waals surface area contributed by atoms with E-state index in [1.807, 2.05) is 0 Å². The van der Waals surface area contributed by atoms with Crippen LogP contribution in [-0.2, 0) is 42.9 Å². The molecule has 1 saturated heterocycles. The number of esters is 4. The smallest absolute Gasteiger partial charge is 0.338 e. The largest absolute Gasteiger partial charge is 0.461 e. The summed E-state index contributed by atoms with van der Waals surface area (Å²) >= 11 is 0. The van der Waals surface area contributed by atoms with Gasteiger partial charge in [0.25, 0.3) is 5.91 Å². The topological polar surface area (TPSA) is 201 Å². The van der Waals surface area contributed by atoms with Gasteiger partial charge in [0.05, 0.1) is 29.5 Å². The Morgan fingerprint density at radius 3 is 1.95 bits per heavy atom. The summed E-state index contributed by atoms with van der Waals surface area (Å²) in [7, 11) is 0. The fourth-order valence-electron chi connectivity index (χ4n) is 10.8. The van der Waals surface area contributed by atoms with Gasteiger partial charge < -0.3 is 39.2 Å². The number of rotatable bonds is 10. The molecule has 1 heterocycles. The van der Waals surface area contributed by atoms with Gasteiger partial charge in [0, 0.05) is 43.6 Å². The van der Waals surface area contributed by atoms with Gasteiger partial charge in [0.2, 0.25) is 0 Å². The van der Waals surface area contributed by atoms with Crippen LogP contribution >= 0.6 is 0 Å². The quantitative estimate of drug-likeness (QED) is 0.140. The average molecular weight is 852 g/mol. The first-order chi connectivity index (χ1) is 29.3. The van der Waals surface area contributed by atoms with Crippen LogP contribution < -0.4 is 5.32 Å². The van der Waals surface area contributed by atoms with Crippen LogP contribution in [0.1, 0.15) is 93.6 Å². The summed E-state index contributed by atoms with van der Waals surface area (Å²) in [6.45, 7) is 10.5. The Bertz CT molecular complexity index is 2280. The van der Waals surface area contributed by atoms with Gasteiger partial charge in [-0.05, 0) is 54.8 Å². The molecule has 2 bridgehead atoms. The molecule has 1 aliphatic heterocycles. The highest BCUT2D eigenvalue weighted by molar-refractivity contribution is 5.95. The van der Waals surface area contributed by atoms with E-state index in [1.165, 1.54) is 26.0 Å². The number of aliphatic hydroxyl groups excluding tert-OH is 1. The van der Waals surface area contributed by atoms with Crippen molar-refractivity contribution in [3.05, 3.63) is 119 Å². The zero-order chi connectivity index (χ0) is 44.9. The number of Topliss-reactive ketones (excluding diaryl/α,β-unsaturated/α-hetero) is 1. The second kappa shape index (κ2) is 16.5. The van der Waals surface area contributed by atoms with Crippen LogP contribution in [0.25, 0.3) is 0 Å². The SMILES string of the molecule is CC(=O)O[C@H]1C[C@H]2OC[C@@]2(OC(C)=O)C2[C@H](OC(=O)c3ccccc3)[C@]3(O)C[C@H](OC(=O)[C@H](O)[C@@H](NC(=O)c4ccccc4)c4ccccc4)C(C)=C([C@@H](C)C(=O)[C@@]21C)C3(C)C. The van der Waals surface area contributed by atoms with Gasteiger partial charge in [0.15, 0.2) is 11.7 Å². The number of aliphatic hydroxyl groups is 2. The number of carbonyl (C=O) groups excluding carboxylic acids is 6. The maximum atomic E-state index is 15.6. The second-order valence-corrected chi connectivity index (χ2v) is 17.7. The molecule has 3 aliphatic carbocycles. The van der Waals surface area contributed by atoms with Crippen LogP contribution in [0.4, 0.5) is 0 Å². The summed E-state index contributed by atoms with van der Waals surface area (Å²) in [6, 6.07) is 23.4. The molecule has 3 fully saturated rings. The minimum absolute atomic E-state index is 0.0426. The van der Waals surface area contributed by atoms with Gasteiger partial charge in [-0.2, -0.15) is 0 Å². The second-order valence-electron chi connectivity index (χ2n) is 17.7. The number of fused-ring (bicyclic) bond motifs is 5. The Morgan fingerprint density at radius 2 is 1.40 bits per heavy atom. The van der Waals surface area contributed by atoms with Crippen molar-refractivity contribution in [2.75, 3.05) is 6.61 Å². The molecule has 62 heavy (non-hydrogen) atoms. The lowest BCUT2D eigenvalue weighted by Gasteiger charge is -2.67. The predicted molar refractivity (Wildman–Crippen MR) is 221 cm³/mol. The zero-order valence-electron chi connectivity index (χ0n) is 35.8. The molecule has 14 nitrogen and oxygen atoms in total. The lowest BCUT2D eigenvalue weighted by atomic mass is 9.43. The van der Waals surface area contributed by atoms with Crippen LogP contribution in [0.5, 0.6) is 0 Å². The number of nitrogens with one attached hydrogen (secondary N) is 1. The number of ketones is 1. The summed E-state index contributed by atoms with van der Waals surface area (Å²) < 4.78 is 30.8. The van der Waals surface area contributed by atoms with Gasteiger partial charge in [-0.15, -0.1) is 0 Å². The van der Waals surface area contributed by atoms with Crippen molar-refractivity contribution in [2.45, 2.75) is 109 Å². The lowest BCUT2D eigenvalue weighted by molar-refractivity contribution is -0.345. The number of hydrogen-bond donors (Lipinski definition) is 3. The molecule has 0 radical (unpaired) electrons. The Morgan fingerprint density at radius 1 is 0.823 bits per heavy atom. The minimum atomic E-state index is -2.23. The molecule has 3 N–H and O–H groups in total. The van der Waals surface area contributed by atoms with E-state index in [-0.39, 0.29) is 24.2 Å². The van der Waals surface area contributed by atoms with Gasteiger partial charge >= 0.3 is 23.9 Å². The monoisotopic (exact) mass is 851 g/mol. The van der Waals surface area contributed by atoms with Crippen molar-refractivity contribution < 1.29 is 62.7 Å². The Hall–Kier alpha value is -5.70. The summed E-state index contributed by atoms with van der Waals surface area (Å²) in [5, 5.41) is 28.3. The van der Waals surface area contributed by atoms with Crippen molar-refractivity contribution in [1.29, 1.82) is 0 Å². The summed E-state index contributed by atoms with van der Waals surface area (Å²) in [5.74, 6) is -6.88. The third-order valence-electron chi connectivity index (χ3n) is 13.8. The first kappa shape index (κ1) is 44.4. The van der Waals surface area contributed by atoms with Gasteiger partial charge in [-0.25, -0.2) is 9.59 Å². The predicted octanol–water partition coefficient (Wildman–Crippen LogP) is 5.01. The van der Waals surface area contributed by atoms with E-state index in [2.05, 4.69) is 5.32 Å². The molecule has 3 aromatic carbocycles. The lowest BCUT2D eigenvalue weighted by Crippen LogP contribution is -2.81. The zero-order valence-corrected chi connectivity index (χ0v) is 35.8. The molecule has 1 amide bonds. The number of amides is 1. The Balaban J connectivity index is 1.37.